The number of hydrogen-bond donors (Lipinski definition) is 1. The number of para-hydroxylation sites is 1. The van der Waals surface area contributed by atoms with Gasteiger partial charge in [-0.05, 0) is 23.8 Å². The molecule has 1 aromatic heterocycles. The fourth-order valence-corrected chi connectivity index (χ4v) is 2.60. The molecule has 0 saturated heterocycles. The van der Waals surface area contributed by atoms with Gasteiger partial charge in [0.05, 0.1) is 16.6 Å². The Kier molecular flexibility index (Phi) is 3.86. The van der Waals surface area contributed by atoms with E-state index in [1.807, 2.05) is 47.2 Å². The number of hydrogen-bond acceptors (Lipinski definition) is 2. The molecular weight excluding hydrogens is 305 g/mol. The van der Waals surface area contributed by atoms with Gasteiger partial charge in [-0.1, -0.05) is 47.5 Å². The quantitative estimate of drug-likeness (QED) is 0.723. The molecule has 0 fully saturated rings. The maximum absolute atomic E-state index is 6.28. The molecule has 0 bridgehead atoms. The molecule has 106 valence electrons. The SMILES string of the molecule is Nc1ccccc1Cn1ccnc1-c1cccc(Cl)c1Cl. The normalized spacial score (nSPS) is 10.8. The van der Waals surface area contributed by atoms with Crippen molar-refractivity contribution >= 4 is 28.9 Å². The molecule has 0 atom stereocenters. The van der Waals surface area contributed by atoms with Crippen LogP contribution in [0.15, 0.2) is 54.9 Å². The molecule has 5 heteroatoms. The fourth-order valence-electron chi connectivity index (χ4n) is 2.22. The smallest absolute Gasteiger partial charge is 0.141 e. The van der Waals surface area contributed by atoms with E-state index in [0.29, 0.717) is 16.6 Å². The molecule has 2 N–H and O–H groups in total. The summed E-state index contributed by atoms with van der Waals surface area (Å²) < 4.78 is 2.00. The van der Waals surface area contributed by atoms with Crippen LogP contribution in [0.2, 0.25) is 10.0 Å². The van der Waals surface area contributed by atoms with E-state index in [9.17, 15) is 0 Å². The first-order valence-corrected chi connectivity index (χ1v) is 7.21. The molecule has 1 heterocycles. The molecule has 0 radical (unpaired) electrons. The van der Waals surface area contributed by atoms with Gasteiger partial charge >= 0.3 is 0 Å². The van der Waals surface area contributed by atoms with Crippen LogP contribution in [0, 0.1) is 0 Å². The van der Waals surface area contributed by atoms with Gasteiger partial charge in [-0.3, -0.25) is 0 Å². The highest BCUT2D eigenvalue weighted by Crippen LogP contribution is 2.32. The van der Waals surface area contributed by atoms with Crippen molar-refractivity contribution in [2.75, 3.05) is 5.73 Å². The molecule has 3 nitrogen and oxygen atoms in total. The molecule has 0 aliphatic rings. The highest BCUT2D eigenvalue weighted by atomic mass is 35.5. The minimum Gasteiger partial charge on any atom is -0.398 e. The first-order valence-electron chi connectivity index (χ1n) is 6.45. The summed E-state index contributed by atoms with van der Waals surface area (Å²) >= 11 is 12.4. The lowest BCUT2D eigenvalue weighted by Gasteiger charge is -2.11. The number of rotatable bonds is 3. The van der Waals surface area contributed by atoms with Crippen molar-refractivity contribution in [3.8, 4) is 11.4 Å². The molecule has 0 aliphatic carbocycles. The second-order valence-electron chi connectivity index (χ2n) is 4.68. The van der Waals surface area contributed by atoms with Crippen LogP contribution in [0.3, 0.4) is 0 Å². The Morgan fingerprint density at radius 1 is 1.05 bits per heavy atom. The Morgan fingerprint density at radius 2 is 1.86 bits per heavy atom. The van der Waals surface area contributed by atoms with E-state index in [0.717, 1.165) is 22.6 Å². The molecule has 0 aliphatic heterocycles. The Bertz CT molecular complexity index is 781. The lowest BCUT2D eigenvalue weighted by atomic mass is 10.1. The first kappa shape index (κ1) is 14.0. The molecule has 0 amide bonds. The summed E-state index contributed by atoms with van der Waals surface area (Å²) in [5, 5.41) is 1.02. The summed E-state index contributed by atoms with van der Waals surface area (Å²) in [6, 6.07) is 13.3. The van der Waals surface area contributed by atoms with Crippen molar-refractivity contribution in [3.05, 3.63) is 70.5 Å². The summed E-state index contributed by atoms with van der Waals surface area (Å²) in [4.78, 5) is 4.39. The number of nitrogen functional groups attached to an aromatic ring is 1. The van der Waals surface area contributed by atoms with Gasteiger partial charge in [0.2, 0.25) is 0 Å². The van der Waals surface area contributed by atoms with Gasteiger partial charge < -0.3 is 10.3 Å². The summed E-state index contributed by atoms with van der Waals surface area (Å²) in [5.41, 5.74) is 8.60. The highest BCUT2D eigenvalue weighted by molar-refractivity contribution is 6.43. The zero-order chi connectivity index (χ0) is 14.8. The zero-order valence-corrected chi connectivity index (χ0v) is 12.6. The number of aromatic nitrogens is 2. The number of nitrogens with zero attached hydrogens (tertiary/aromatic N) is 2. The van der Waals surface area contributed by atoms with Crippen LogP contribution in [0.5, 0.6) is 0 Å². The van der Waals surface area contributed by atoms with Crippen LogP contribution in [0.25, 0.3) is 11.4 Å². The number of halogens is 2. The van der Waals surface area contributed by atoms with Crippen LogP contribution in [0.4, 0.5) is 5.69 Å². The van der Waals surface area contributed by atoms with Crippen LogP contribution < -0.4 is 5.73 Å². The van der Waals surface area contributed by atoms with Crippen molar-refractivity contribution in [1.82, 2.24) is 9.55 Å². The molecule has 3 rings (SSSR count). The minimum absolute atomic E-state index is 0.507. The van der Waals surface area contributed by atoms with Crippen LogP contribution >= 0.6 is 23.2 Å². The van der Waals surface area contributed by atoms with Crippen molar-refractivity contribution in [2.24, 2.45) is 0 Å². The molecule has 0 saturated carbocycles. The molecule has 0 unspecified atom stereocenters. The van der Waals surface area contributed by atoms with Crippen molar-refractivity contribution in [1.29, 1.82) is 0 Å². The number of nitrogens with two attached hydrogens (primary N) is 1. The Hall–Kier alpha value is -1.97. The van der Waals surface area contributed by atoms with E-state index < -0.39 is 0 Å². The monoisotopic (exact) mass is 317 g/mol. The first-order chi connectivity index (χ1) is 10.2. The summed E-state index contributed by atoms with van der Waals surface area (Å²) in [7, 11) is 0. The fraction of sp³-hybridized carbons (Fsp3) is 0.0625. The standard InChI is InChI=1S/C16H13Cl2N3/c17-13-6-3-5-12(15(13)18)16-20-8-9-21(16)10-11-4-1-2-7-14(11)19/h1-9H,10,19H2. The van der Waals surface area contributed by atoms with Gasteiger partial charge in [0.15, 0.2) is 0 Å². The largest absolute Gasteiger partial charge is 0.398 e. The van der Waals surface area contributed by atoms with Crippen LogP contribution in [-0.4, -0.2) is 9.55 Å². The van der Waals surface area contributed by atoms with Crippen molar-refractivity contribution in [2.45, 2.75) is 6.54 Å². The van der Waals surface area contributed by atoms with Crippen molar-refractivity contribution < 1.29 is 0 Å². The number of benzene rings is 2. The summed E-state index contributed by atoms with van der Waals surface area (Å²) in [6.45, 7) is 0.630. The molecule has 3 aromatic rings. The molecule has 2 aromatic carbocycles. The molecule has 21 heavy (non-hydrogen) atoms. The summed E-state index contributed by atoms with van der Waals surface area (Å²) in [6.07, 6.45) is 3.64. The average molecular weight is 318 g/mol. The minimum atomic E-state index is 0.507. The van der Waals surface area contributed by atoms with E-state index >= 15 is 0 Å². The predicted molar refractivity (Wildman–Crippen MR) is 87.6 cm³/mol. The Balaban J connectivity index is 2.02. The number of imidazole rings is 1. The lowest BCUT2D eigenvalue weighted by Crippen LogP contribution is -2.04. The molecular formula is C16H13Cl2N3. The van der Waals surface area contributed by atoms with Gasteiger partial charge in [0.1, 0.15) is 5.82 Å². The second kappa shape index (κ2) is 5.80. The maximum Gasteiger partial charge on any atom is 0.141 e. The van der Waals surface area contributed by atoms with E-state index in [-0.39, 0.29) is 0 Å². The van der Waals surface area contributed by atoms with Gasteiger partial charge in [0.25, 0.3) is 0 Å². The second-order valence-corrected chi connectivity index (χ2v) is 5.46. The number of anilines is 1. The van der Waals surface area contributed by atoms with Crippen LogP contribution in [0.1, 0.15) is 5.56 Å². The van der Waals surface area contributed by atoms with Gasteiger partial charge in [0, 0.05) is 23.6 Å². The Labute approximate surface area is 132 Å². The molecule has 0 spiro atoms. The highest BCUT2D eigenvalue weighted by Gasteiger charge is 2.12. The van der Waals surface area contributed by atoms with Crippen molar-refractivity contribution in [3.63, 3.8) is 0 Å². The summed E-state index contributed by atoms with van der Waals surface area (Å²) in [5.74, 6) is 0.769. The van der Waals surface area contributed by atoms with Gasteiger partial charge in [-0.2, -0.15) is 0 Å². The zero-order valence-electron chi connectivity index (χ0n) is 11.1. The average Bonchev–Trinajstić information content (AvgIpc) is 2.92. The van der Waals surface area contributed by atoms with Crippen LogP contribution in [-0.2, 0) is 6.54 Å². The van der Waals surface area contributed by atoms with E-state index in [1.54, 1.807) is 12.3 Å². The van der Waals surface area contributed by atoms with Gasteiger partial charge in [-0.15, -0.1) is 0 Å². The topological polar surface area (TPSA) is 43.8 Å². The maximum atomic E-state index is 6.28. The third-order valence-electron chi connectivity index (χ3n) is 3.30. The predicted octanol–water partition coefficient (Wildman–Crippen LogP) is 4.49. The lowest BCUT2D eigenvalue weighted by molar-refractivity contribution is 0.809. The van der Waals surface area contributed by atoms with E-state index in [2.05, 4.69) is 4.98 Å². The Morgan fingerprint density at radius 3 is 2.67 bits per heavy atom. The van der Waals surface area contributed by atoms with E-state index in [4.69, 9.17) is 28.9 Å². The third kappa shape index (κ3) is 2.75. The van der Waals surface area contributed by atoms with Gasteiger partial charge in [-0.25, -0.2) is 4.98 Å². The van der Waals surface area contributed by atoms with E-state index in [1.165, 1.54) is 0 Å². The third-order valence-corrected chi connectivity index (χ3v) is 4.12.